The maximum atomic E-state index is 10.9. The van der Waals surface area contributed by atoms with E-state index in [4.69, 9.17) is 15.0 Å². The van der Waals surface area contributed by atoms with Gasteiger partial charge in [-0.2, -0.15) is 0 Å². The first kappa shape index (κ1) is 31.2. The van der Waals surface area contributed by atoms with Crippen molar-refractivity contribution in [3.63, 3.8) is 0 Å². The first-order chi connectivity index (χ1) is 22.2. The molecule has 0 saturated heterocycles. The largest absolute Gasteiger partial charge is 0.515 e. The molecule has 1 aromatic carbocycles. The second-order valence-electron chi connectivity index (χ2n) is 12.3. The van der Waals surface area contributed by atoms with Crippen molar-refractivity contribution in [1.82, 2.24) is 4.98 Å². The van der Waals surface area contributed by atoms with Crippen molar-refractivity contribution in [3.8, 4) is 0 Å². The first-order valence-corrected chi connectivity index (χ1v) is 16.6. The molecule has 0 aliphatic carbocycles. The first-order valence-electron chi connectivity index (χ1n) is 16.6. The molecule has 8 bridgehead atoms. The Morgan fingerprint density at radius 3 is 2.00 bits per heavy atom. The molecule has 0 spiro atoms. The topological polar surface area (TPSA) is 73.1 Å². The summed E-state index contributed by atoms with van der Waals surface area (Å²) in [6.07, 6.45) is 8.60. The van der Waals surface area contributed by atoms with Crippen LogP contribution in [-0.2, 0) is 6.42 Å². The van der Waals surface area contributed by atoms with E-state index >= 15 is 0 Å². The zero-order chi connectivity index (χ0) is 32.9. The van der Waals surface area contributed by atoms with E-state index < -0.39 is 0 Å². The highest BCUT2D eigenvalue weighted by Crippen LogP contribution is 2.43. The van der Waals surface area contributed by atoms with Crippen molar-refractivity contribution in [1.29, 1.82) is 0 Å². The maximum Gasteiger partial charge on any atom is 0.0907 e. The number of aromatic nitrogens is 1. The number of aromatic amines is 1. The number of hydrogen-bond donors (Lipinski definition) is 2. The van der Waals surface area contributed by atoms with Crippen LogP contribution in [0.15, 0.2) is 126 Å². The lowest BCUT2D eigenvalue weighted by Gasteiger charge is -2.12. The summed E-state index contributed by atoms with van der Waals surface area (Å²) in [7, 11) is 0. The summed E-state index contributed by atoms with van der Waals surface area (Å²) >= 11 is 0. The molecule has 46 heavy (non-hydrogen) atoms. The summed E-state index contributed by atoms with van der Waals surface area (Å²) in [6, 6.07) is 10.5. The maximum absolute atomic E-state index is 10.9. The number of allylic oxidation sites excluding steroid dienone is 9. The van der Waals surface area contributed by atoms with Gasteiger partial charge in [-0.05, 0) is 110 Å². The Balaban J connectivity index is 1.81. The van der Waals surface area contributed by atoms with Crippen LogP contribution in [0.1, 0.15) is 95.8 Å². The summed E-state index contributed by atoms with van der Waals surface area (Å²) in [5.74, 6) is 0. The van der Waals surface area contributed by atoms with Crippen LogP contribution < -0.4 is 0 Å². The average Bonchev–Trinajstić information content (AvgIpc) is 3.76. The quantitative estimate of drug-likeness (QED) is 0.315. The highest BCUT2D eigenvalue weighted by molar-refractivity contribution is 6.37. The van der Waals surface area contributed by atoms with E-state index in [1.807, 2.05) is 12.1 Å². The second kappa shape index (κ2) is 12.2. The van der Waals surface area contributed by atoms with Crippen molar-refractivity contribution in [2.24, 2.45) is 15.0 Å². The molecule has 234 valence electrons. The number of hydrogen-bond acceptors (Lipinski definition) is 4. The van der Waals surface area contributed by atoms with Gasteiger partial charge >= 0.3 is 0 Å². The molecule has 2 N–H and O–H groups in total. The molecule has 2 aromatic rings. The molecular weight excluding hydrogens is 564 g/mol. The van der Waals surface area contributed by atoms with Gasteiger partial charge in [0.2, 0.25) is 0 Å². The van der Waals surface area contributed by atoms with Crippen LogP contribution in [0, 0.1) is 6.92 Å². The predicted octanol–water partition coefficient (Wildman–Crippen LogP) is 10.4. The van der Waals surface area contributed by atoms with E-state index in [-0.39, 0.29) is 0 Å². The number of nitrogens with zero attached hydrogens (tertiary/aromatic N) is 3. The summed E-state index contributed by atoms with van der Waals surface area (Å²) in [5, 5.41) is 10.9. The molecule has 0 saturated carbocycles. The fourth-order valence-electron chi connectivity index (χ4n) is 7.55. The van der Waals surface area contributed by atoms with Crippen molar-refractivity contribution in [2.75, 3.05) is 0 Å². The third-order valence-electron chi connectivity index (χ3n) is 10.0. The van der Waals surface area contributed by atoms with Gasteiger partial charge in [0, 0.05) is 16.8 Å². The predicted molar refractivity (Wildman–Crippen MR) is 195 cm³/mol. The second-order valence-corrected chi connectivity index (χ2v) is 12.3. The third-order valence-corrected chi connectivity index (χ3v) is 10.0. The van der Waals surface area contributed by atoms with E-state index in [2.05, 4.69) is 97.3 Å². The van der Waals surface area contributed by atoms with Crippen molar-refractivity contribution < 1.29 is 5.11 Å². The summed E-state index contributed by atoms with van der Waals surface area (Å²) in [4.78, 5) is 19.8. The van der Waals surface area contributed by atoms with Crippen LogP contribution in [0.4, 0.5) is 0 Å². The van der Waals surface area contributed by atoms with Gasteiger partial charge in [0.05, 0.1) is 51.8 Å². The van der Waals surface area contributed by atoms with Gasteiger partial charge in [0.1, 0.15) is 0 Å². The summed E-state index contributed by atoms with van der Waals surface area (Å²) in [6.45, 7) is 21.6. The highest BCUT2D eigenvalue weighted by atomic mass is 16.2. The zero-order valence-electron chi connectivity index (χ0n) is 28.4. The van der Waals surface area contributed by atoms with Gasteiger partial charge in [-0.15, -0.1) is 0 Å². The van der Waals surface area contributed by atoms with Gasteiger partial charge in [0.25, 0.3) is 0 Å². The number of nitrogens with one attached hydrogen (secondary N) is 1. The Kier molecular flexibility index (Phi) is 8.28. The normalized spacial score (nSPS) is 19.1. The zero-order valence-corrected chi connectivity index (χ0v) is 28.4. The Hall–Kier alpha value is -4.77. The highest BCUT2D eigenvalue weighted by Gasteiger charge is 2.34. The van der Waals surface area contributed by atoms with E-state index in [1.165, 1.54) is 28.5 Å². The van der Waals surface area contributed by atoms with Crippen LogP contribution in [0.25, 0.3) is 11.6 Å². The van der Waals surface area contributed by atoms with E-state index in [0.29, 0.717) is 5.57 Å². The smallest absolute Gasteiger partial charge is 0.0907 e. The molecule has 1 aromatic heterocycles. The van der Waals surface area contributed by atoms with Gasteiger partial charge in [-0.1, -0.05) is 70.7 Å². The minimum absolute atomic E-state index is 0.641. The number of aliphatic hydroxyl groups excluding tert-OH is 1. The number of fused-ring (bicyclic) bond motifs is 5. The van der Waals surface area contributed by atoms with Gasteiger partial charge < -0.3 is 10.1 Å². The van der Waals surface area contributed by atoms with Gasteiger partial charge in [0.15, 0.2) is 0 Å². The molecule has 0 atom stereocenters. The number of aliphatic hydroxyl groups is 1. The summed E-state index contributed by atoms with van der Waals surface area (Å²) in [5.41, 5.74) is 20.3. The Bertz CT molecular complexity index is 2010. The van der Waals surface area contributed by atoms with Crippen molar-refractivity contribution in [3.05, 3.63) is 139 Å². The molecule has 0 radical (unpaired) electrons. The Morgan fingerprint density at radius 1 is 0.739 bits per heavy atom. The monoisotopic (exact) mass is 608 g/mol. The molecule has 6 rings (SSSR count). The Labute approximate surface area is 273 Å². The molecule has 4 aliphatic heterocycles. The molecule has 5 nitrogen and oxygen atoms in total. The number of rotatable bonds is 6. The standard InChI is InChI=1S/C41H44N4O/c1-10-27-23(7)37-35(26-18-16-15-17-19-26)38-25(9)30(13-4)41(45-38)32(21-46)36-24(8)29(12-3)40(44-36)31(14-5)39-28(11-2)22(6)33(42-39)20-34(27)43-37/h14-21,43,46H,5,10-13H2,1-4,6-9H3/b32-21-,33-20?,38-35?,40-31?. The van der Waals surface area contributed by atoms with Crippen molar-refractivity contribution >= 4 is 28.8 Å². The summed E-state index contributed by atoms with van der Waals surface area (Å²) < 4.78 is 0. The van der Waals surface area contributed by atoms with Crippen LogP contribution in [-0.4, -0.2) is 27.2 Å². The third kappa shape index (κ3) is 4.63. The average molecular weight is 609 g/mol. The van der Waals surface area contributed by atoms with Crippen LogP contribution in [0.5, 0.6) is 0 Å². The minimum atomic E-state index is 0.641. The van der Waals surface area contributed by atoms with Crippen LogP contribution in [0.3, 0.4) is 0 Å². The molecule has 4 aliphatic rings. The van der Waals surface area contributed by atoms with Gasteiger partial charge in [-0.3, -0.25) is 0 Å². The molecule has 5 heterocycles. The SMILES string of the molecule is C=CC1=C2N=C(C(C)=C2CC)/C(=C/O)C2=NC(=C(c3ccccc3)c3[nH]c(c(CC)c3C)C=C3N=C1C(CC)=C3C)C(C)=C2CC. The lowest BCUT2D eigenvalue weighted by atomic mass is 9.90. The fraction of sp³-hybridized carbons (Fsp3) is 0.293. The fourth-order valence-corrected chi connectivity index (χ4v) is 7.55. The molecule has 0 amide bonds. The Morgan fingerprint density at radius 2 is 1.39 bits per heavy atom. The molecular formula is C41H44N4O. The van der Waals surface area contributed by atoms with Crippen molar-refractivity contribution in [2.45, 2.75) is 81.1 Å². The number of aliphatic imine (C=N–C) groups is 3. The van der Waals surface area contributed by atoms with Gasteiger partial charge in [-0.25, -0.2) is 15.0 Å². The van der Waals surface area contributed by atoms with E-state index in [1.54, 1.807) is 0 Å². The van der Waals surface area contributed by atoms with Crippen LogP contribution in [0.2, 0.25) is 0 Å². The molecule has 0 fully saturated rings. The molecule has 5 heteroatoms. The van der Waals surface area contributed by atoms with E-state index in [0.717, 1.165) is 110 Å². The lowest BCUT2D eigenvalue weighted by Crippen LogP contribution is -2.14. The lowest BCUT2D eigenvalue weighted by molar-refractivity contribution is 0.472. The van der Waals surface area contributed by atoms with E-state index in [9.17, 15) is 5.11 Å². The molecule has 0 unspecified atom stereocenters. The minimum Gasteiger partial charge on any atom is -0.515 e. The number of benzene rings is 1. The number of H-pyrrole nitrogens is 1. The van der Waals surface area contributed by atoms with Crippen LogP contribution >= 0.6 is 0 Å².